The van der Waals surface area contributed by atoms with Gasteiger partial charge in [0.15, 0.2) is 0 Å². The number of rotatable bonds is 4. The molecule has 1 aliphatic heterocycles. The number of carbonyl (C=O) groups excluding carboxylic acids is 1. The Kier molecular flexibility index (Phi) is 4.29. The minimum absolute atomic E-state index is 0. The van der Waals surface area contributed by atoms with Gasteiger partial charge in [-0.2, -0.15) is 0 Å². The number of amides is 2. The Bertz CT molecular complexity index is 847. The third kappa shape index (κ3) is 2.78. The lowest BCUT2D eigenvalue weighted by molar-refractivity contribution is 0.0390. The molecule has 0 aromatic heterocycles. The molecule has 1 N–H and O–H groups in total. The molecule has 1 aromatic carbocycles. The average Bonchev–Trinajstić information content (AvgIpc) is 3.31. The van der Waals surface area contributed by atoms with E-state index in [1.165, 1.54) is 56.4 Å². The van der Waals surface area contributed by atoms with Crippen molar-refractivity contribution in [2.24, 2.45) is 23.2 Å². The van der Waals surface area contributed by atoms with E-state index >= 15 is 0 Å². The quantitative estimate of drug-likeness (QED) is 0.775. The molecular weight excluding hydrogens is 370 g/mol. The Morgan fingerprint density at radius 3 is 2.70 bits per heavy atom. The van der Waals surface area contributed by atoms with Gasteiger partial charge < -0.3 is 15.1 Å². The van der Waals surface area contributed by atoms with Crippen LogP contribution in [-0.4, -0.2) is 49.6 Å². The van der Waals surface area contributed by atoms with Crippen LogP contribution in [0.2, 0.25) is 0 Å². The molecule has 0 radical (unpaired) electrons. The van der Waals surface area contributed by atoms with Gasteiger partial charge in [-0.25, -0.2) is 4.79 Å². The number of benzene rings is 1. The molecule has 3 saturated carbocycles. The van der Waals surface area contributed by atoms with Crippen molar-refractivity contribution in [3.8, 4) is 0 Å². The topological polar surface area (TPSA) is 35.6 Å². The van der Waals surface area contributed by atoms with Gasteiger partial charge in [0.2, 0.25) is 0 Å². The number of nitrogens with one attached hydrogen (secondary N) is 1. The van der Waals surface area contributed by atoms with Crippen LogP contribution in [0.1, 0.15) is 70.0 Å². The van der Waals surface area contributed by atoms with Crippen LogP contribution < -0.4 is 5.32 Å². The minimum atomic E-state index is 0. The number of carbonyl (C=O) groups is 1. The van der Waals surface area contributed by atoms with Crippen molar-refractivity contribution in [3.05, 3.63) is 35.4 Å². The molecule has 1 aromatic rings. The predicted octanol–water partition coefficient (Wildman–Crippen LogP) is 4.81. The maximum atomic E-state index is 12.3. The summed E-state index contributed by atoms with van der Waals surface area (Å²) in [6.45, 7) is 3.74. The van der Waals surface area contributed by atoms with Crippen molar-refractivity contribution in [1.29, 1.82) is 0 Å². The summed E-state index contributed by atoms with van der Waals surface area (Å²) in [5.41, 5.74) is 3.97. The Hall–Kier alpha value is -1.55. The molecule has 0 bridgehead atoms. The lowest BCUT2D eigenvalue weighted by atomic mass is 9.61. The monoisotopic (exact) mass is 409 g/mol. The zero-order chi connectivity index (χ0) is 20.5. The number of nitrogens with zero attached hydrogens (tertiary/aromatic N) is 2. The molecule has 4 fully saturated rings. The molecule has 2 unspecified atom stereocenters. The second-order valence-corrected chi connectivity index (χ2v) is 11.4. The lowest BCUT2D eigenvalue weighted by Crippen LogP contribution is -2.44. The van der Waals surface area contributed by atoms with E-state index in [9.17, 15) is 4.79 Å². The van der Waals surface area contributed by atoms with E-state index < -0.39 is 0 Å². The van der Waals surface area contributed by atoms with Gasteiger partial charge in [-0.3, -0.25) is 0 Å². The Morgan fingerprint density at radius 2 is 1.97 bits per heavy atom. The van der Waals surface area contributed by atoms with Crippen molar-refractivity contribution in [2.75, 3.05) is 33.7 Å². The molecule has 5 aliphatic rings. The van der Waals surface area contributed by atoms with E-state index in [0.29, 0.717) is 0 Å². The molecule has 164 valence electrons. The first-order valence-corrected chi connectivity index (χ1v) is 12.3. The van der Waals surface area contributed by atoms with Crippen molar-refractivity contribution in [3.63, 3.8) is 0 Å². The predicted molar refractivity (Wildman–Crippen MR) is 121 cm³/mol. The van der Waals surface area contributed by atoms with Crippen molar-refractivity contribution in [1.82, 2.24) is 15.1 Å². The molecule has 4 nitrogen and oxygen atoms in total. The molecule has 1 heterocycles. The van der Waals surface area contributed by atoms with Gasteiger partial charge in [0, 0.05) is 20.9 Å². The maximum Gasteiger partial charge on any atom is 0.317 e. The molecule has 5 atom stereocenters. The molecule has 4 heteroatoms. The highest BCUT2D eigenvalue weighted by molar-refractivity contribution is 5.74. The van der Waals surface area contributed by atoms with E-state index in [0.717, 1.165) is 29.6 Å². The highest BCUT2D eigenvalue weighted by Crippen LogP contribution is 2.78. The first kappa shape index (κ1) is 19.2. The fourth-order valence-electron chi connectivity index (χ4n) is 8.12. The first-order chi connectivity index (χ1) is 14.5. The summed E-state index contributed by atoms with van der Waals surface area (Å²) in [5, 5.41) is 3.27. The van der Waals surface area contributed by atoms with E-state index in [1.807, 2.05) is 14.1 Å². The van der Waals surface area contributed by atoms with E-state index in [1.54, 1.807) is 24.2 Å². The van der Waals surface area contributed by atoms with Crippen LogP contribution in [0.3, 0.4) is 0 Å². The summed E-state index contributed by atoms with van der Waals surface area (Å²) >= 11 is 0. The average molecular weight is 410 g/mol. The summed E-state index contributed by atoms with van der Waals surface area (Å²) in [5.74, 6) is 3.27. The normalized spacial score (nSPS) is 37.8. The van der Waals surface area contributed by atoms with Crippen LogP contribution in [0.15, 0.2) is 24.3 Å². The van der Waals surface area contributed by atoms with Gasteiger partial charge in [0.05, 0.1) is 6.04 Å². The molecule has 2 amide bonds. The number of likely N-dealkylation sites (tertiary alicyclic amines) is 1. The molecule has 4 aliphatic carbocycles. The largest absolute Gasteiger partial charge is 0.331 e. The van der Waals surface area contributed by atoms with E-state index in [4.69, 9.17) is 0 Å². The van der Waals surface area contributed by atoms with Crippen LogP contribution in [0, 0.1) is 23.2 Å². The summed E-state index contributed by atoms with van der Waals surface area (Å²) in [6, 6.07) is 9.04. The van der Waals surface area contributed by atoms with Crippen LogP contribution in [-0.2, 0) is 5.41 Å². The third-order valence-corrected chi connectivity index (χ3v) is 9.89. The summed E-state index contributed by atoms with van der Waals surface area (Å²) < 4.78 is 0. The second kappa shape index (κ2) is 6.72. The lowest BCUT2D eigenvalue weighted by Gasteiger charge is -2.46. The number of hydrogen-bond donors (Lipinski definition) is 1. The standard InChI is InChI=1S/C26H37N3O.H2/c1-28(2)24(30)27-23-17-25(22-6-4-3-5-20(22)23)10-13-29(14-11-25)12-9-18-15-26-16-19(26)7-8-21(18)26;/h3-6,18-19,21,23H,7-17H2,1-2H3,(H,27,30);1H/t18?,19-,21+,23+,26?;/m1./s1. The molecule has 1 saturated heterocycles. The number of hydrogen-bond acceptors (Lipinski definition) is 2. The SMILES string of the molecule is CN(C)C(=O)N[C@H]1CC2(CCN(CCC3CC45C[C@H]4CC[C@@H]35)CC2)c2ccccc21.[HH]. The molecule has 6 rings (SSSR count). The fourth-order valence-corrected chi connectivity index (χ4v) is 8.12. The first-order valence-electron chi connectivity index (χ1n) is 12.3. The van der Waals surface area contributed by atoms with Crippen LogP contribution in [0.5, 0.6) is 0 Å². The molecule has 30 heavy (non-hydrogen) atoms. The van der Waals surface area contributed by atoms with Crippen molar-refractivity contribution >= 4 is 6.03 Å². The van der Waals surface area contributed by atoms with Crippen molar-refractivity contribution in [2.45, 2.75) is 62.8 Å². The summed E-state index contributed by atoms with van der Waals surface area (Å²) in [4.78, 5) is 16.7. The van der Waals surface area contributed by atoms with Crippen LogP contribution >= 0.6 is 0 Å². The highest BCUT2D eigenvalue weighted by atomic mass is 16.2. The second-order valence-electron chi connectivity index (χ2n) is 11.4. The number of urea groups is 1. The van der Waals surface area contributed by atoms with Gasteiger partial charge in [0.1, 0.15) is 0 Å². The molecular formula is C26H39N3O. The number of piperidine rings is 1. The summed E-state index contributed by atoms with van der Waals surface area (Å²) in [7, 11) is 3.65. The van der Waals surface area contributed by atoms with Crippen molar-refractivity contribution < 1.29 is 6.22 Å². The summed E-state index contributed by atoms with van der Waals surface area (Å²) in [6.07, 6.45) is 11.2. The van der Waals surface area contributed by atoms with E-state index in [-0.39, 0.29) is 18.9 Å². The Labute approximate surface area is 182 Å². The van der Waals surface area contributed by atoms with Crippen LogP contribution in [0.4, 0.5) is 4.79 Å². The zero-order valence-corrected chi connectivity index (χ0v) is 18.7. The van der Waals surface area contributed by atoms with E-state index in [2.05, 4.69) is 34.5 Å². The van der Waals surface area contributed by atoms with Gasteiger partial charge in [-0.05, 0) is 105 Å². The van der Waals surface area contributed by atoms with Gasteiger partial charge in [0.25, 0.3) is 0 Å². The van der Waals surface area contributed by atoms with Gasteiger partial charge in [-0.15, -0.1) is 0 Å². The molecule has 2 spiro atoms. The maximum absolute atomic E-state index is 12.3. The fraction of sp³-hybridized carbons (Fsp3) is 0.731. The van der Waals surface area contributed by atoms with Gasteiger partial charge >= 0.3 is 6.03 Å². The van der Waals surface area contributed by atoms with Gasteiger partial charge in [-0.1, -0.05) is 24.3 Å². The zero-order valence-electron chi connectivity index (χ0n) is 18.7. The smallest absolute Gasteiger partial charge is 0.317 e. The van der Waals surface area contributed by atoms with Crippen LogP contribution in [0.25, 0.3) is 0 Å². The highest BCUT2D eigenvalue weighted by Gasteiger charge is 2.70. The Morgan fingerprint density at radius 1 is 1.17 bits per heavy atom. The minimum Gasteiger partial charge on any atom is -0.331 e. The number of fused-ring (bicyclic) bond motifs is 2. The third-order valence-electron chi connectivity index (χ3n) is 9.89. The Balaban J connectivity index is 0.00000204.